The smallest absolute Gasteiger partial charge is 0.317 e. The van der Waals surface area contributed by atoms with Gasteiger partial charge in [0.2, 0.25) is 5.91 Å². The second-order valence-corrected chi connectivity index (χ2v) is 5.02. The molecule has 1 saturated heterocycles. The summed E-state index contributed by atoms with van der Waals surface area (Å²) >= 11 is 0. The van der Waals surface area contributed by atoms with Crippen LogP contribution in [0.5, 0.6) is 0 Å². The van der Waals surface area contributed by atoms with Crippen LogP contribution < -0.4 is 0 Å². The lowest BCUT2D eigenvalue weighted by Crippen LogP contribution is -2.46. The molecule has 0 saturated carbocycles. The minimum absolute atomic E-state index is 0.161. The summed E-state index contributed by atoms with van der Waals surface area (Å²) < 4.78 is 0. The Labute approximate surface area is 111 Å². The largest absolute Gasteiger partial charge is 0.480 e. The van der Waals surface area contributed by atoms with Gasteiger partial charge in [0.15, 0.2) is 0 Å². The maximum atomic E-state index is 12.0. The van der Waals surface area contributed by atoms with Gasteiger partial charge in [-0.3, -0.25) is 19.3 Å². The van der Waals surface area contributed by atoms with E-state index in [1.165, 1.54) is 0 Å². The molecule has 1 aliphatic heterocycles. The normalized spacial score (nSPS) is 19.5. The number of nitrogens with zero attached hydrogens (tertiary/aromatic N) is 2. The second kappa shape index (κ2) is 7.08. The van der Waals surface area contributed by atoms with Gasteiger partial charge < -0.3 is 15.1 Å². The quantitative estimate of drug-likeness (QED) is 0.690. The Morgan fingerprint density at radius 1 is 1.16 bits per heavy atom. The lowest BCUT2D eigenvalue weighted by Gasteiger charge is -2.32. The maximum Gasteiger partial charge on any atom is 0.317 e. The van der Waals surface area contributed by atoms with Gasteiger partial charge in [-0.2, -0.15) is 0 Å². The predicted octanol–water partition coefficient (Wildman–Crippen LogP) is -0.284. The van der Waals surface area contributed by atoms with E-state index in [4.69, 9.17) is 10.2 Å². The number of carbonyl (C=O) groups is 3. The number of carboxylic acids is 2. The zero-order valence-electron chi connectivity index (χ0n) is 11.0. The Balaban J connectivity index is 2.54. The molecule has 1 rings (SSSR count). The molecule has 108 valence electrons. The Kier molecular flexibility index (Phi) is 5.75. The topological polar surface area (TPSA) is 98.2 Å². The summed E-state index contributed by atoms with van der Waals surface area (Å²) in [6.07, 6.45) is 2.02. The number of amides is 1. The van der Waals surface area contributed by atoms with Gasteiger partial charge in [-0.25, -0.2) is 0 Å². The number of aliphatic carboxylic acids is 2. The zero-order valence-corrected chi connectivity index (χ0v) is 11.0. The fourth-order valence-electron chi connectivity index (χ4n) is 2.26. The van der Waals surface area contributed by atoms with Gasteiger partial charge in [-0.05, 0) is 18.8 Å². The molecule has 7 heteroatoms. The molecule has 0 radical (unpaired) electrons. The monoisotopic (exact) mass is 272 g/mol. The van der Waals surface area contributed by atoms with Crippen LogP contribution in [0.3, 0.4) is 0 Å². The first kappa shape index (κ1) is 15.4. The molecule has 1 amide bonds. The number of hydrogen-bond donors (Lipinski definition) is 2. The Hall–Kier alpha value is -1.63. The summed E-state index contributed by atoms with van der Waals surface area (Å²) in [5.74, 6) is -2.04. The Morgan fingerprint density at radius 3 is 2.21 bits per heavy atom. The number of likely N-dealkylation sites (tertiary alicyclic amines) is 1. The highest BCUT2D eigenvalue weighted by atomic mass is 16.4. The van der Waals surface area contributed by atoms with Crippen molar-refractivity contribution in [3.05, 3.63) is 0 Å². The molecule has 0 aliphatic carbocycles. The van der Waals surface area contributed by atoms with Gasteiger partial charge in [0.05, 0.1) is 19.6 Å². The molecule has 0 spiro atoms. The third-order valence-electron chi connectivity index (χ3n) is 3.09. The molecular weight excluding hydrogens is 252 g/mol. The second-order valence-electron chi connectivity index (χ2n) is 5.02. The average Bonchev–Trinajstić information content (AvgIpc) is 2.26. The van der Waals surface area contributed by atoms with Crippen molar-refractivity contribution < 1.29 is 24.6 Å². The van der Waals surface area contributed by atoms with E-state index in [-0.39, 0.29) is 12.5 Å². The first-order chi connectivity index (χ1) is 8.88. The van der Waals surface area contributed by atoms with Crippen LogP contribution >= 0.6 is 0 Å². The Bertz CT molecular complexity index is 342. The molecule has 0 aromatic carbocycles. The van der Waals surface area contributed by atoms with E-state index < -0.39 is 25.0 Å². The van der Waals surface area contributed by atoms with Gasteiger partial charge in [0.25, 0.3) is 0 Å². The number of rotatable bonds is 6. The van der Waals surface area contributed by atoms with Crippen LogP contribution in [0.4, 0.5) is 0 Å². The molecule has 1 unspecified atom stereocenters. The van der Waals surface area contributed by atoms with Crippen molar-refractivity contribution in [2.45, 2.75) is 19.8 Å². The molecule has 1 heterocycles. The van der Waals surface area contributed by atoms with Crippen LogP contribution in [-0.4, -0.2) is 70.6 Å². The number of carbonyl (C=O) groups excluding carboxylic acids is 1. The van der Waals surface area contributed by atoms with Crippen LogP contribution in [0.15, 0.2) is 0 Å². The van der Waals surface area contributed by atoms with Gasteiger partial charge in [0, 0.05) is 13.1 Å². The summed E-state index contributed by atoms with van der Waals surface area (Å²) in [5.41, 5.74) is 0. The van der Waals surface area contributed by atoms with E-state index >= 15 is 0 Å². The summed E-state index contributed by atoms with van der Waals surface area (Å²) in [6, 6.07) is 0. The minimum atomic E-state index is -1.14. The van der Waals surface area contributed by atoms with Gasteiger partial charge in [0.1, 0.15) is 0 Å². The van der Waals surface area contributed by atoms with Crippen molar-refractivity contribution in [1.82, 2.24) is 9.80 Å². The predicted molar refractivity (Wildman–Crippen MR) is 66.7 cm³/mol. The fourth-order valence-corrected chi connectivity index (χ4v) is 2.26. The molecule has 7 nitrogen and oxygen atoms in total. The highest BCUT2D eigenvalue weighted by Gasteiger charge is 2.24. The van der Waals surface area contributed by atoms with Crippen molar-refractivity contribution >= 4 is 17.8 Å². The molecule has 2 N–H and O–H groups in total. The van der Waals surface area contributed by atoms with Crippen molar-refractivity contribution in [2.75, 3.05) is 32.7 Å². The van der Waals surface area contributed by atoms with E-state index in [0.717, 1.165) is 17.7 Å². The molecular formula is C12H20N2O5. The minimum Gasteiger partial charge on any atom is -0.480 e. The van der Waals surface area contributed by atoms with Crippen molar-refractivity contribution in [3.8, 4) is 0 Å². The van der Waals surface area contributed by atoms with E-state index in [1.807, 2.05) is 0 Å². The van der Waals surface area contributed by atoms with Crippen LogP contribution in [-0.2, 0) is 14.4 Å². The van der Waals surface area contributed by atoms with E-state index in [0.29, 0.717) is 19.0 Å². The van der Waals surface area contributed by atoms with Crippen LogP contribution in [0.1, 0.15) is 19.8 Å². The zero-order chi connectivity index (χ0) is 14.4. The molecule has 0 bridgehead atoms. The molecule has 1 aliphatic rings. The molecule has 19 heavy (non-hydrogen) atoms. The Morgan fingerprint density at radius 2 is 1.74 bits per heavy atom. The third-order valence-corrected chi connectivity index (χ3v) is 3.09. The van der Waals surface area contributed by atoms with Crippen molar-refractivity contribution in [1.29, 1.82) is 0 Å². The first-order valence-corrected chi connectivity index (χ1v) is 6.32. The molecule has 0 aromatic rings. The highest BCUT2D eigenvalue weighted by Crippen LogP contribution is 2.15. The third kappa shape index (κ3) is 5.69. The van der Waals surface area contributed by atoms with Crippen LogP contribution in [0.2, 0.25) is 0 Å². The van der Waals surface area contributed by atoms with Gasteiger partial charge in [-0.15, -0.1) is 0 Å². The summed E-state index contributed by atoms with van der Waals surface area (Å²) in [7, 11) is 0. The lowest BCUT2D eigenvalue weighted by atomic mass is 10.0. The van der Waals surface area contributed by atoms with Crippen molar-refractivity contribution in [2.24, 2.45) is 5.92 Å². The van der Waals surface area contributed by atoms with Crippen LogP contribution in [0.25, 0.3) is 0 Å². The van der Waals surface area contributed by atoms with Gasteiger partial charge >= 0.3 is 11.9 Å². The maximum absolute atomic E-state index is 12.0. The SMILES string of the molecule is CC1CCCN(C(=O)CN(CC(=O)O)CC(=O)O)C1. The number of hydrogen-bond acceptors (Lipinski definition) is 4. The molecule has 1 atom stereocenters. The fraction of sp³-hybridized carbons (Fsp3) is 0.750. The lowest BCUT2D eigenvalue weighted by molar-refractivity contribution is -0.143. The highest BCUT2D eigenvalue weighted by molar-refractivity contribution is 5.80. The first-order valence-electron chi connectivity index (χ1n) is 6.32. The average molecular weight is 272 g/mol. The van der Waals surface area contributed by atoms with E-state index in [1.54, 1.807) is 4.90 Å². The van der Waals surface area contributed by atoms with E-state index in [2.05, 4.69) is 6.92 Å². The summed E-state index contributed by atoms with van der Waals surface area (Å²) in [6.45, 7) is 2.34. The van der Waals surface area contributed by atoms with Crippen molar-refractivity contribution in [3.63, 3.8) is 0 Å². The van der Waals surface area contributed by atoms with Crippen LogP contribution in [0, 0.1) is 5.92 Å². The summed E-state index contributed by atoms with van der Waals surface area (Å²) in [5, 5.41) is 17.4. The molecule has 0 aromatic heterocycles. The number of piperidine rings is 1. The standard InChI is InChI=1S/C12H20N2O5/c1-9-3-2-4-14(5-9)10(15)6-13(7-11(16)17)8-12(18)19/h9H,2-8H2,1H3,(H,16,17)(H,18,19). The number of carboxylic acid groups (broad SMARTS) is 2. The molecule has 1 fully saturated rings. The summed E-state index contributed by atoms with van der Waals surface area (Å²) in [4.78, 5) is 36.1. The van der Waals surface area contributed by atoms with Gasteiger partial charge in [-0.1, -0.05) is 6.92 Å². The van der Waals surface area contributed by atoms with E-state index in [9.17, 15) is 14.4 Å².